The lowest BCUT2D eigenvalue weighted by atomic mass is 10.2. The van der Waals surface area contributed by atoms with E-state index in [9.17, 15) is 4.79 Å². The number of nitrogens with zero attached hydrogens (tertiary/aromatic N) is 6. The monoisotopic (exact) mass is 447 g/mol. The Balaban J connectivity index is 1.40. The highest BCUT2D eigenvalue weighted by Crippen LogP contribution is 2.23. The van der Waals surface area contributed by atoms with Gasteiger partial charge in [-0.05, 0) is 37.1 Å². The van der Waals surface area contributed by atoms with Crippen molar-refractivity contribution in [2.75, 3.05) is 43.0 Å². The summed E-state index contributed by atoms with van der Waals surface area (Å²) in [6.45, 7) is 5.56. The Bertz CT molecular complexity index is 1050. The zero-order valence-electron chi connectivity index (χ0n) is 18.9. The van der Waals surface area contributed by atoms with Gasteiger partial charge in [0.1, 0.15) is 5.69 Å². The van der Waals surface area contributed by atoms with Gasteiger partial charge in [0.05, 0.1) is 18.5 Å². The van der Waals surface area contributed by atoms with E-state index in [4.69, 9.17) is 4.74 Å². The Morgan fingerprint density at radius 1 is 1.06 bits per heavy atom. The van der Waals surface area contributed by atoms with E-state index in [0.29, 0.717) is 37.0 Å². The molecular weight excluding hydrogens is 418 g/mol. The number of amides is 1. The first kappa shape index (κ1) is 22.4. The van der Waals surface area contributed by atoms with Gasteiger partial charge in [-0.1, -0.05) is 19.4 Å². The quantitative estimate of drug-likeness (QED) is 0.540. The van der Waals surface area contributed by atoms with E-state index in [1.165, 1.54) is 0 Å². The SMILES string of the molecule is CCCCOC(=O)N1CCCN(c2cccc(Nc3nccc(-c4cnccn4)n3)c2)CC1. The number of aromatic nitrogens is 4. The molecule has 0 saturated carbocycles. The minimum atomic E-state index is -0.208. The van der Waals surface area contributed by atoms with Gasteiger partial charge in [-0.15, -0.1) is 0 Å². The third kappa shape index (κ3) is 6.15. The lowest BCUT2D eigenvalue weighted by Gasteiger charge is -2.24. The molecule has 3 aromatic rings. The third-order valence-electron chi connectivity index (χ3n) is 5.43. The van der Waals surface area contributed by atoms with Crippen molar-refractivity contribution in [3.05, 3.63) is 55.1 Å². The van der Waals surface area contributed by atoms with Gasteiger partial charge >= 0.3 is 6.09 Å². The van der Waals surface area contributed by atoms with Crippen LogP contribution in [0, 0.1) is 0 Å². The van der Waals surface area contributed by atoms with E-state index in [2.05, 4.69) is 49.2 Å². The molecule has 3 heterocycles. The molecule has 0 atom stereocenters. The molecule has 0 unspecified atom stereocenters. The molecule has 1 aliphatic rings. The van der Waals surface area contributed by atoms with Crippen LogP contribution in [0.5, 0.6) is 0 Å². The lowest BCUT2D eigenvalue weighted by Crippen LogP contribution is -2.35. The summed E-state index contributed by atoms with van der Waals surface area (Å²) in [6, 6.07) is 9.95. The average molecular weight is 448 g/mol. The minimum absolute atomic E-state index is 0.208. The number of anilines is 3. The maximum absolute atomic E-state index is 12.3. The highest BCUT2D eigenvalue weighted by Gasteiger charge is 2.20. The fourth-order valence-corrected chi connectivity index (χ4v) is 3.66. The molecule has 4 rings (SSSR count). The number of carbonyl (C=O) groups excluding carboxylic acids is 1. The highest BCUT2D eigenvalue weighted by molar-refractivity contribution is 5.68. The summed E-state index contributed by atoms with van der Waals surface area (Å²) >= 11 is 0. The van der Waals surface area contributed by atoms with Crippen molar-refractivity contribution in [1.29, 1.82) is 0 Å². The number of nitrogens with one attached hydrogen (secondary N) is 1. The summed E-state index contributed by atoms with van der Waals surface area (Å²) in [7, 11) is 0. The van der Waals surface area contributed by atoms with Gasteiger partial charge in [-0.2, -0.15) is 0 Å². The minimum Gasteiger partial charge on any atom is -0.449 e. The standard InChI is InChI=1S/C24H29N7O2/c1-2-3-16-33-24(32)31-13-5-12-30(14-15-31)20-7-4-6-19(17-20)28-23-27-9-8-21(29-23)22-18-25-10-11-26-22/h4,6-11,17-18H,2-3,5,12-16H2,1H3,(H,27,28,29). The third-order valence-corrected chi connectivity index (χ3v) is 5.43. The molecule has 0 aliphatic carbocycles. The van der Waals surface area contributed by atoms with Crippen LogP contribution in [0.1, 0.15) is 26.2 Å². The molecule has 9 nitrogen and oxygen atoms in total. The molecular formula is C24H29N7O2. The molecule has 1 amide bonds. The molecule has 0 spiro atoms. The van der Waals surface area contributed by atoms with Crippen molar-refractivity contribution in [1.82, 2.24) is 24.8 Å². The molecule has 1 aliphatic heterocycles. The van der Waals surface area contributed by atoms with E-state index in [0.717, 1.165) is 43.7 Å². The van der Waals surface area contributed by atoms with Gasteiger partial charge in [0, 0.05) is 56.1 Å². The number of rotatable bonds is 7. The molecule has 1 aromatic carbocycles. The van der Waals surface area contributed by atoms with Crippen molar-refractivity contribution >= 4 is 23.4 Å². The van der Waals surface area contributed by atoms with E-state index in [1.807, 2.05) is 23.1 Å². The number of unbranched alkanes of at least 4 members (excludes halogenated alkanes) is 1. The number of benzene rings is 1. The maximum atomic E-state index is 12.3. The molecule has 172 valence electrons. The summed E-state index contributed by atoms with van der Waals surface area (Å²) in [5.74, 6) is 0.493. The molecule has 9 heteroatoms. The Hall–Kier alpha value is -3.75. The Morgan fingerprint density at radius 2 is 2.00 bits per heavy atom. The summed E-state index contributed by atoms with van der Waals surface area (Å²) < 4.78 is 5.38. The average Bonchev–Trinajstić information content (AvgIpc) is 3.12. The van der Waals surface area contributed by atoms with E-state index >= 15 is 0 Å². The van der Waals surface area contributed by atoms with Gasteiger partial charge in [0.25, 0.3) is 0 Å². The largest absolute Gasteiger partial charge is 0.449 e. The topological polar surface area (TPSA) is 96.4 Å². The van der Waals surface area contributed by atoms with Crippen LogP contribution in [0.4, 0.5) is 22.1 Å². The second kappa shape index (κ2) is 11.2. The first-order valence-electron chi connectivity index (χ1n) is 11.4. The smallest absolute Gasteiger partial charge is 0.409 e. The first-order chi connectivity index (χ1) is 16.2. The van der Waals surface area contributed by atoms with Crippen molar-refractivity contribution in [2.45, 2.75) is 26.2 Å². The summed E-state index contributed by atoms with van der Waals surface area (Å²) in [5.41, 5.74) is 3.38. The van der Waals surface area contributed by atoms with Gasteiger partial charge in [-0.25, -0.2) is 14.8 Å². The van der Waals surface area contributed by atoms with Crippen molar-refractivity contribution in [2.24, 2.45) is 0 Å². The summed E-state index contributed by atoms with van der Waals surface area (Å²) in [6.07, 6.45) is 9.25. The molecule has 1 fully saturated rings. The molecule has 1 N–H and O–H groups in total. The number of carbonyl (C=O) groups is 1. The van der Waals surface area contributed by atoms with Crippen LogP contribution in [0.15, 0.2) is 55.1 Å². The second-order valence-electron chi connectivity index (χ2n) is 7.83. The fourth-order valence-electron chi connectivity index (χ4n) is 3.66. The van der Waals surface area contributed by atoms with E-state index < -0.39 is 0 Å². The summed E-state index contributed by atoms with van der Waals surface area (Å²) in [4.78, 5) is 33.7. The van der Waals surface area contributed by atoms with Gasteiger partial charge in [0.15, 0.2) is 0 Å². The van der Waals surface area contributed by atoms with Crippen LogP contribution in [0.25, 0.3) is 11.4 Å². The normalized spacial score (nSPS) is 14.0. The number of hydrogen-bond acceptors (Lipinski definition) is 8. The van der Waals surface area contributed by atoms with Crippen LogP contribution in [0.3, 0.4) is 0 Å². The van der Waals surface area contributed by atoms with E-state index in [1.54, 1.807) is 24.8 Å². The van der Waals surface area contributed by atoms with E-state index in [-0.39, 0.29) is 6.09 Å². The molecule has 2 aromatic heterocycles. The predicted octanol–water partition coefficient (Wildman–Crippen LogP) is 4.13. The van der Waals surface area contributed by atoms with Crippen molar-refractivity contribution in [3.8, 4) is 11.4 Å². The van der Waals surface area contributed by atoms with Crippen LogP contribution in [0.2, 0.25) is 0 Å². The van der Waals surface area contributed by atoms with Crippen LogP contribution in [-0.2, 0) is 4.74 Å². The molecule has 0 bridgehead atoms. The number of ether oxygens (including phenoxy) is 1. The maximum Gasteiger partial charge on any atom is 0.409 e. The Labute approximate surface area is 193 Å². The Kier molecular flexibility index (Phi) is 7.63. The molecule has 33 heavy (non-hydrogen) atoms. The van der Waals surface area contributed by atoms with Crippen LogP contribution >= 0.6 is 0 Å². The first-order valence-corrected chi connectivity index (χ1v) is 11.4. The van der Waals surface area contributed by atoms with Gasteiger partial charge < -0.3 is 19.9 Å². The van der Waals surface area contributed by atoms with Crippen molar-refractivity contribution < 1.29 is 9.53 Å². The second-order valence-corrected chi connectivity index (χ2v) is 7.83. The number of hydrogen-bond donors (Lipinski definition) is 1. The van der Waals surface area contributed by atoms with Crippen LogP contribution in [-0.4, -0.2) is 63.7 Å². The Morgan fingerprint density at radius 3 is 2.85 bits per heavy atom. The molecule has 0 radical (unpaired) electrons. The zero-order chi connectivity index (χ0) is 22.9. The van der Waals surface area contributed by atoms with Gasteiger partial charge in [0.2, 0.25) is 5.95 Å². The van der Waals surface area contributed by atoms with Gasteiger partial charge in [-0.3, -0.25) is 9.97 Å². The predicted molar refractivity (Wildman–Crippen MR) is 127 cm³/mol. The fraction of sp³-hybridized carbons (Fsp3) is 0.375. The molecule has 1 saturated heterocycles. The summed E-state index contributed by atoms with van der Waals surface area (Å²) in [5, 5.41) is 3.28. The van der Waals surface area contributed by atoms with Crippen molar-refractivity contribution in [3.63, 3.8) is 0 Å². The van der Waals surface area contributed by atoms with Crippen LogP contribution < -0.4 is 10.2 Å². The lowest BCUT2D eigenvalue weighted by molar-refractivity contribution is 0.103. The highest BCUT2D eigenvalue weighted by atomic mass is 16.6. The zero-order valence-corrected chi connectivity index (χ0v) is 18.9.